The summed E-state index contributed by atoms with van der Waals surface area (Å²) in [5.74, 6) is -0.965. The van der Waals surface area contributed by atoms with E-state index in [-0.39, 0.29) is 5.75 Å². The number of carboxylic acids is 1. The first kappa shape index (κ1) is 32.0. The van der Waals surface area contributed by atoms with Crippen LogP contribution in [0.5, 0.6) is 0 Å². The highest BCUT2D eigenvalue weighted by atomic mass is 32.1. The number of aliphatic carboxylic acids is 1. The molecule has 0 fully saturated rings. The first-order valence-electron chi connectivity index (χ1n) is 13.2. The summed E-state index contributed by atoms with van der Waals surface area (Å²) in [6.07, 6.45) is 25.7. The predicted molar refractivity (Wildman–Crippen MR) is 138 cm³/mol. The van der Waals surface area contributed by atoms with Crippen LogP contribution >= 0.6 is 12.6 Å². The minimum atomic E-state index is -0.881. The second-order valence-corrected chi connectivity index (χ2v) is 9.01. The maximum absolute atomic E-state index is 9.29. The third-order valence-electron chi connectivity index (χ3n) is 5.62. The molecule has 0 radical (unpaired) electrons. The molecule has 182 valence electrons. The van der Waals surface area contributed by atoms with Crippen LogP contribution in [0.2, 0.25) is 0 Å². The van der Waals surface area contributed by atoms with Crippen LogP contribution in [0.4, 0.5) is 0 Å². The van der Waals surface area contributed by atoms with E-state index in [0.717, 1.165) is 0 Å². The van der Waals surface area contributed by atoms with E-state index in [9.17, 15) is 4.79 Å². The van der Waals surface area contributed by atoms with Gasteiger partial charge < -0.3 is 10.0 Å². The van der Waals surface area contributed by atoms with Crippen molar-refractivity contribution in [1.29, 1.82) is 0 Å². The number of carboxylic acid groups (broad SMARTS) is 1. The van der Waals surface area contributed by atoms with Crippen molar-refractivity contribution in [1.82, 2.24) is 4.90 Å². The summed E-state index contributed by atoms with van der Waals surface area (Å²) in [5.41, 5.74) is 0. The highest BCUT2D eigenvalue weighted by molar-refractivity contribution is 7.81. The summed E-state index contributed by atoms with van der Waals surface area (Å²) in [5, 5.41) is 7.65. The van der Waals surface area contributed by atoms with Gasteiger partial charge in [0.1, 0.15) is 0 Å². The molecule has 0 rings (SSSR count). The Bertz CT molecular complexity index is 288. The monoisotopic (exact) mass is 445 g/mol. The van der Waals surface area contributed by atoms with Gasteiger partial charge in [0, 0.05) is 0 Å². The van der Waals surface area contributed by atoms with Gasteiger partial charge in [-0.1, -0.05) is 117 Å². The quantitative estimate of drug-likeness (QED) is 0.130. The van der Waals surface area contributed by atoms with Gasteiger partial charge in [0.05, 0.1) is 5.75 Å². The van der Waals surface area contributed by atoms with Crippen LogP contribution in [-0.2, 0) is 4.79 Å². The maximum atomic E-state index is 9.29. The fraction of sp³-hybridized carbons (Fsp3) is 0.962. The molecule has 0 aliphatic carbocycles. The molecule has 0 saturated heterocycles. The van der Waals surface area contributed by atoms with Crippen LogP contribution in [0.1, 0.15) is 136 Å². The van der Waals surface area contributed by atoms with Crippen LogP contribution in [0, 0.1) is 0 Å². The minimum Gasteiger partial charge on any atom is -0.481 e. The zero-order valence-corrected chi connectivity index (χ0v) is 21.7. The standard InChI is InChI=1S/C24H51N.C2H4O2S/c1-4-7-10-13-16-19-22-25(23-20-17-14-11-8-5-2)24-21-18-15-12-9-6-3;3-2(4)1-5/h4-24H2,1-3H3;5H,1H2,(H,3,4). The lowest BCUT2D eigenvalue weighted by molar-refractivity contribution is -0.133. The summed E-state index contributed by atoms with van der Waals surface area (Å²) < 4.78 is 0. The molecule has 30 heavy (non-hydrogen) atoms. The molecule has 0 saturated carbocycles. The summed E-state index contributed by atoms with van der Waals surface area (Å²) in [6.45, 7) is 11.0. The Hall–Kier alpha value is -0.220. The Morgan fingerprint density at radius 2 is 0.800 bits per heavy atom. The van der Waals surface area contributed by atoms with Gasteiger partial charge >= 0.3 is 5.97 Å². The third kappa shape index (κ3) is 30.0. The third-order valence-corrected chi connectivity index (χ3v) is 5.89. The van der Waals surface area contributed by atoms with Crippen LogP contribution < -0.4 is 0 Å². The molecule has 0 bridgehead atoms. The molecule has 0 heterocycles. The van der Waals surface area contributed by atoms with Crippen molar-refractivity contribution in [3.8, 4) is 0 Å². The first-order valence-corrected chi connectivity index (χ1v) is 13.8. The van der Waals surface area contributed by atoms with Crippen molar-refractivity contribution in [3.63, 3.8) is 0 Å². The van der Waals surface area contributed by atoms with E-state index in [1.165, 1.54) is 135 Å². The average molecular weight is 446 g/mol. The molecule has 0 aromatic carbocycles. The summed E-state index contributed by atoms with van der Waals surface area (Å²) in [7, 11) is 0. The van der Waals surface area contributed by atoms with Crippen LogP contribution in [0.15, 0.2) is 0 Å². The molecule has 0 aromatic heterocycles. The molecule has 0 amide bonds. The molecular weight excluding hydrogens is 390 g/mol. The van der Waals surface area contributed by atoms with Crippen molar-refractivity contribution < 1.29 is 9.90 Å². The van der Waals surface area contributed by atoms with Gasteiger partial charge in [-0.05, 0) is 38.9 Å². The van der Waals surface area contributed by atoms with Gasteiger partial charge in [0.25, 0.3) is 0 Å². The Morgan fingerprint density at radius 3 is 1.03 bits per heavy atom. The van der Waals surface area contributed by atoms with Gasteiger partial charge in [0.15, 0.2) is 0 Å². The second-order valence-electron chi connectivity index (χ2n) is 8.70. The maximum Gasteiger partial charge on any atom is 0.313 e. The van der Waals surface area contributed by atoms with E-state index >= 15 is 0 Å². The fourth-order valence-corrected chi connectivity index (χ4v) is 3.68. The molecule has 0 unspecified atom stereocenters. The first-order chi connectivity index (χ1) is 14.6. The Kier molecular flexibility index (Phi) is 30.7. The lowest BCUT2D eigenvalue weighted by Gasteiger charge is -2.22. The summed E-state index contributed by atoms with van der Waals surface area (Å²) in [6, 6.07) is 0. The van der Waals surface area contributed by atoms with Crippen molar-refractivity contribution >= 4 is 18.6 Å². The molecule has 0 aliphatic rings. The zero-order chi connectivity index (χ0) is 22.7. The van der Waals surface area contributed by atoms with Crippen molar-refractivity contribution in [3.05, 3.63) is 0 Å². The van der Waals surface area contributed by atoms with Gasteiger partial charge in [0.2, 0.25) is 0 Å². The van der Waals surface area contributed by atoms with Crippen molar-refractivity contribution in [2.45, 2.75) is 136 Å². The smallest absolute Gasteiger partial charge is 0.313 e. The number of thiol groups is 1. The van der Waals surface area contributed by atoms with E-state index in [2.05, 4.69) is 38.3 Å². The number of hydrogen-bond donors (Lipinski definition) is 2. The Morgan fingerprint density at radius 1 is 0.567 bits per heavy atom. The normalized spacial score (nSPS) is 10.8. The molecule has 1 N–H and O–H groups in total. The van der Waals surface area contributed by atoms with E-state index < -0.39 is 5.97 Å². The minimum absolute atomic E-state index is 0.0833. The van der Waals surface area contributed by atoms with Gasteiger partial charge in [-0.3, -0.25) is 4.79 Å². The van der Waals surface area contributed by atoms with E-state index in [1.54, 1.807) is 0 Å². The van der Waals surface area contributed by atoms with Gasteiger partial charge in [-0.25, -0.2) is 0 Å². The highest BCUT2D eigenvalue weighted by Gasteiger charge is 2.05. The number of carbonyl (C=O) groups is 1. The number of rotatable bonds is 22. The second kappa shape index (κ2) is 28.8. The largest absolute Gasteiger partial charge is 0.481 e. The Balaban J connectivity index is 0. The SMILES string of the molecule is CCCCCCCCN(CCCCCCCC)CCCCCCCC.O=C(O)CS. The Labute approximate surface area is 195 Å². The van der Waals surface area contributed by atoms with Crippen molar-refractivity contribution in [2.24, 2.45) is 0 Å². The van der Waals surface area contributed by atoms with Crippen molar-refractivity contribution in [2.75, 3.05) is 25.4 Å². The van der Waals surface area contributed by atoms with Crippen LogP contribution in [-0.4, -0.2) is 41.4 Å². The van der Waals surface area contributed by atoms with E-state index in [4.69, 9.17) is 5.11 Å². The molecule has 0 aromatic rings. The molecule has 0 aliphatic heterocycles. The van der Waals surface area contributed by atoms with Gasteiger partial charge in [-0.2, -0.15) is 12.6 Å². The van der Waals surface area contributed by atoms with Gasteiger partial charge in [-0.15, -0.1) is 0 Å². The molecule has 0 atom stereocenters. The molecule has 3 nitrogen and oxygen atoms in total. The molecular formula is C26H55NO2S. The lowest BCUT2D eigenvalue weighted by atomic mass is 10.1. The van der Waals surface area contributed by atoms with E-state index in [1.807, 2.05) is 0 Å². The summed E-state index contributed by atoms with van der Waals surface area (Å²) >= 11 is 3.42. The topological polar surface area (TPSA) is 40.5 Å². The number of unbranched alkanes of at least 4 members (excludes halogenated alkanes) is 15. The molecule has 0 spiro atoms. The predicted octanol–water partition coefficient (Wildman–Crippen LogP) is 8.37. The number of nitrogens with zero attached hydrogens (tertiary/aromatic N) is 1. The molecule has 4 heteroatoms. The van der Waals surface area contributed by atoms with Crippen LogP contribution in [0.25, 0.3) is 0 Å². The number of hydrogen-bond acceptors (Lipinski definition) is 3. The van der Waals surface area contributed by atoms with Crippen LogP contribution in [0.3, 0.4) is 0 Å². The van der Waals surface area contributed by atoms with E-state index in [0.29, 0.717) is 0 Å². The zero-order valence-electron chi connectivity index (χ0n) is 20.8. The average Bonchev–Trinajstić information content (AvgIpc) is 2.75. The fourth-order valence-electron chi connectivity index (χ4n) is 3.68. The summed E-state index contributed by atoms with van der Waals surface area (Å²) in [4.78, 5) is 12.1. The lowest BCUT2D eigenvalue weighted by Crippen LogP contribution is -2.27. The highest BCUT2D eigenvalue weighted by Crippen LogP contribution is 2.11.